The first-order valence-electron chi connectivity index (χ1n) is 7.11. The van der Waals surface area contributed by atoms with E-state index in [4.69, 9.17) is 14.2 Å². The maximum absolute atomic E-state index is 11.4. The third kappa shape index (κ3) is 4.53. The topological polar surface area (TPSA) is 128 Å². The molecule has 0 fully saturated rings. The van der Waals surface area contributed by atoms with Gasteiger partial charge in [-0.2, -0.15) is 5.10 Å². The molecule has 10 heteroatoms. The van der Waals surface area contributed by atoms with Crippen molar-refractivity contribution < 1.29 is 19.0 Å². The molecule has 2 aromatic rings. The first-order valence-corrected chi connectivity index (χ1v) is 7.11. The Morgan fingerprint density at radius 3 is 2.40 bits per heavy atom. The van der Waals surface area contributed by atoms with Crippen LogP contribution < -0.4 is 25.2 Å². The van der Waals surface area contributed by atoms with E-state index in [9.17, 15) is 9.59 Å². The molecule has 0 radical (unpaired) electrons. The zero-order valence-electron chi connectivity index (χ0n) is 14.1. The Bertz CT molecular complexity index is 837. The van der Waals surface area contributed by atoms with E-state index < -0.39 is 5.97 Å². The van der Waals surface area contributed by atoms with E-state index in [1.54, 1.807) is 19.1 Å². The molecule has 0 spiro atoms. The van der Waals surface area contributed by atoms with Crippen LogP contribution in [-0.4, -0.2) is 41.6 Å². The lowest BCUT2D eigenvalue weighted by Gasteiger charge is -2.13. The van der Waals surface area contributed by atoms with Crippen molar-refractivity contribution in [2.45, 2.75) is 13.8 Å². The van der Waals surface area contributed by atoms with Crippen molar-refractivity contribution in [1.82, 2.24) is 15.2 Å². The van der Waals surface area contributed by atoms with Crippen LogP contribution in [-0.2, 0) is 4.79 Å². The van der Waals surface area contributed by atoms with Crippen LogP contribution in [0.3, 0.4) is 0 Å². The summed E-state index contributed by atoms with van der Waals surface area (Å²) in [6.45, 7) is 2.82. The highest BCUT2D eigenvalue weighted by Gasteiger charge is 2.15. The first-order chi connectivity index (χ1) is 11.9. The lowest BCUT2D eigenvalue weighted by molar-refractivity contribution is -0.132. The van der Waals surface area contributed by atoms with Gasteiger partial charge in [0.1, 0.15) is 5.69 Å². The summed E-state index contributed by atoms with van der Waals surface area (Å²) in [5.41, 5.74) is 3.05. The van der Waals surface area contributed by atoms with Crippen LogP contribution in [0.4, 0.5) is 5.95 Å². The van der Waals surface area contributed by atoms with E-state index in [1.165, 1.54) is 27.4 Å². The Hall–Kier alpha value is -3.43. The number of ether oxygens (including phenoxy) is 3. The second-order valence-electron chi connectivity index (χ2n) is 4.81. The van der Waals surface area contributed by atoms with Crippen LogP contribution in [0.15, 0.2) is 22.0 Å². The summed E-state index contributed by atoms with van der Waals surface area (Å²) in [6, 6.07) is 3.21. The molecule has 0 saturated carbocycles. The average Bonchev–Trinajstić information content (AvgIpc) is 2.58. The third-order valence-electron chi connectivity index (χ3n) is 2.97. The van der Waals surface area contributed by atoms with Crippen LogP contribution in [0.1, 0.15) is 18.2 Å². The number of nitrogens with one attached hydrogen (secondary N) is 2. The summed E-state index contributed by atoms with van der Waals surface area (Å²) in [7, 11) is 2.88. The first kappa shape index (κ1) is 17.9. The van der Waals surface area contributed by atoms with Crippen molar-refractivity contribution in [3.05, 3.63) is 33.7 Å². The van der Waals surface area contributed by atoms with Crippen LogP contribution in [0, 0.1) is 6.92 Å². The molecule has 1 aromatic carbocycles. The maximum atomic E-state index is 11.4. The van der Waals surface area contributed by atoms with Crippen LogP contribution in [0.25, 0.3) is 0 Å². The van der Waals surface area contributed by atoms with E-state index in [2.05, 4.69) is 25.7 Å². The molecule has 1 heterocycles. The second-order valence-corrected chi connectivity index (χ2v) is 4.81. The maximum Gasteiger partial charge on any atom is 0.308 e. The molecule has 0 aliphatic heterocycles. The van der Waals surface area contributed by atoms with Gasteiger partial charge in [0.05, 0.1) is 20.4 Å². The Balaban J connectivity index is 2.25. The van der Waals surface area contributed by atoms with Gasteiger partial charge in [0.15, 0.2) is 11.5 Å². The van der Waals surface area contributed by atoms with Crippen LogP contribution in [0.5, 0.6) is 17.2 Å². The average molecular weight is 347 g/mol. The number of esters is 1. The highest BCUT2D eigenvalue weighted by atomic mass is 16.6. The highest BCUT2D eigenvalue weighted by Crippen LogP contribution is 2.38. The van der Waals surface area contributed by atoms with E-state index in [1.807, 2.05) is 0 Å². The van der Waals surface area contributed by atoms with Crippen molar-refractivity contribution in [3.63, 3.8) is 0 Å². The van der Waals surface area contributed by atoms with Gasteiger partial charge in [0.2, 0.25) is 11.7 Å². The summed E-state index contributed by atoms with van der Waals surface area (Å²) in [5, 5.41) is 11.4. The fraction of sp³-hybridized carbons (Fsp3) is 0.267. The standard InChI is InChI=1S/C15H17N5O5/c1-8-14(22)17-15(20-18-8)19-16-7-10-5-11(23-3)13(25-9(2)21)12(6-10)24-4/h5-7H,1-4H3,(H2,17,19,20,22)/b16-7-. The lowest BCUT2D eigenvalue weighted by Crippen LogP contribution is -2.15. The molecule has 0 amide bonds. The second kappa shape index (κ2) is 7.90. The summed E-state index contributed by atoms with van der Waals surface area (Å²) >= 11 is 0. The van der Waals surface area contributed by atoms with Crippen molar-refractivity contribution >= 4 is 18.1 Å². The number of hydrogen-bond acceptors (Lipinski definition) is 9. The quantitative estimate of drug-likeness (QED) is 0.341. The number of hydrazone groups is 1. The Morgan fingerprint density at radius 2 is 1.88 bits per heavy atom. The largest absolute Gasteiger partial charge is 0.493 e. The smallest absolute Gasteiger partial charge is 0.308 e. The van der Waals surface area contributed by atoms with Crippen LogP contribution >= 0.6 is 0 Å². The Kier molecular flexibility index (Phi) is 5.66. The molecule has 0 bridgehead atoms. The number of rotatable bonds is 6. The van der Waals surface area contributed by atoms with Crippen molar-refractivity contribution in [1.29, 1.82) is 0 Å². The third-order valence-corrected chi connectivity index (χ3v) is 2.97. The van der Waals surface area contributed by atoms with Gasteiger partial charge in [-0.15, -0.1) is 10.2 Å². The van der Waals surface area contributed by atoms with Crippen molar-refractivity contribution in [3.8, 4) is 17.2 Å². The number of methoxy groups -OCH3 is 2. The Labute approximate surface area is 142 Å². The van der Waals surface area contributed by atoms with Gasteiger partial charge in [-0.1, -0.05) is 0 Å². The molecule has 2 rings (SSSR count). The monoisotopic (exact) mass is 347 g/mol. The molecular weight excluding hydrogens is 330 g/mol. The minimum atomic E-state index is -0.499. The van der Waals surface area contributed by atoms with Gasteiger partial charge in [-0.3, -0.25) is 14.6 Å². The predicted octanol–water partition coefficient (Wildman–Crippen LogP) is 0.862. The summed E-state index contributed by atoms with van der Waals surface area (Å²) in [4.78, 5) is 25.1. The number of aromatic nitrogens is 3. The molecule has 25 heavy (non-hydrogen) atoms. The zero-order valence-corrected chi connectivity index (χ0v) is 14.1. The summed E-state index contributed by atoms with van der Waals surface area (Å²) < 4.78 is 15.5. The Morgan fingerprint density at radius 1 is 1.24 bits per heavy atom. The number of aromatic amines is 1. The van der Waals surface area contributed by atoms with Gasteiger partial charge in [-0.05, 0) is 19.1 Å². The van der Waals surface area contributed by atoms with Crippen molar-refractivity contribution in [2.24, 2.45) is 5.10 Å². The number of hydrogen-bond donors (Lipinski definition) is 2. The SMILES string of the molecule is COc1cc(/C=N\Nc2nnc(C)c(=O)[nH]2)cc(OC)c1OC(C)=O. The lowest BCUT2D eigenvalue weighted by atomic mass is 10.2. The number of H-pyrrole nitrogens is 1. The molecule has 0 aliphatic carbocycles. The fourth-order valence-corrected chi connectivity index (χ4v) is 1.83. The van der Waals surface area contributed by atoms with Gasteiger partial charge in [-0.25, -0.2) is 5.43 Å². The van der Waals surface area contributed by atoms with Gasteiger partial charge in [0.25, 0.3) is 5.56 Å². The number of anilines is 1. The van der Waals surface area contributed by atoms with E-state index in [0.717, 1.165) is 0 Å². The molecule has 0 atom stereocenters. The summed E-state index contributed by atoms with van der Waals surface area (Å²) in [6.07, 6.45) is 1.45. The van der Waals surface area contributed by atoms with Gasteiger partial charge >= 0.3 is 5.97 Å². The van der Waals surface area contributed by atoms with Crippen LogP contribution in [0.2, 0.25) is 0 Å². The molecule has 0 aliphatic rings. The molecular formula is C15H17N5O5. The van der Waals surface area contributed by atoms with E-state index in [-0.39, 0.29) is 23.0 Å². The predicted molar refractivity (Wildman–Crippen MR) is 89.5 cm³/mol. The molecule has 10 nitrogen and oxygen atoms in total. The van der Waals surface area contributed by atoms with E-state index in [0.29, 0.717) is 17.1 Å². The minimum absolute atomic E-state index is 0.0994. The molecule has 2 N–H and O–H groups in total. The normalized spacial score (nSPS) is 10.6. The fourth-order valence-electron chi connectivity index (χ4n) is 1.83. The van der Waals surface area contributed by atoms with E-state index >= 15 is 0 Å². The number of carbonyl (C=O) groups is 1. The number of benzene rings is 1. The molecule has 1 aromatic heterocycles. The molecule has 132 valence electrons. The number of carbonyl (C=O) groups excluding carboxylic acids is 1. The van der Waals surface area contributed by atoms with Gasteiger partial charge in [0, 0.05) is 12.5 Å². The van der Waals surface area contributed by atoms with Gasteiger partial charge < -0.3 is 14.2 Å². The van der Waals surface area contributed by atoms with Crippen molar-refractivity contribution in [2.75, 3.05) is 19.6 Å². The zero-order chi connectivity index (χ0) is 18.4. The molecule has 0 saturated heterocycles. The summed E-state index contributed by atoms with van der Waals surface area (Å²) in [5.74, 6) is 0.388. The highest BCUT2D eigenvalue weighted by molar-refractivity contribution is 5.83. The number of aryl methyl sites for hydroxylation is 1. The minimum Gasteiger partial charge on any atom is -0.493 e. The molecule has 0 unspecified atom stereocenters. The number of nitrogens with zero attached hydrogens (tertiary/aromatic N) is 3.